The molecule has 0 radical (unpaired) electrons. The highest BCUT2D eigenvalue weighted by atomic mass is 16.7. The van der Waals surface area contributed by atoms with Crippen LogP contribution < -0.4 is 14.8 Å². The van der Waals surface area contributed by atoms with Crippen LogP contribution >= 0.6 is 0 Å². The Labute approximate surface area is 148 Å². The maximum Gasteiger partial charge on any atom is 0.234 e. The SMILES string of the molecule is O=C(CN1CCC(O)(c2ccc3c(c2)OCO3)CC1)NC1CCCC1. The molecule has 1 amide bonds. The van der Waals surface area contributed by atoms with E-state index in [4.69, 9.17) is 9.47 Å². The van der Waals surface area contributed by atoms with Gasteiger partial charge >= 0.3 is 0 Å². The first-order chi connectivity index (χ1) is 12.1. The number of aliphatic hydroxyl groups is 1. The predicted octanol–water partition coefficient (Wildman–Crippen LogP) is 1.76. The predicted molar refractivity (Wildman–Crippen MR) is 92.5 cm³/mol. The summed E-state index contributed by atoms with van der Waals surface area (Å²) in [5.74, 6) is 1.54. The minimum absolute atomic E-state index is 0.111. The molecule has 2 heterocycles. The molecule has 2 fully saturated rings. The van der Waals surface area contributed by atoms with Crippen molar-refractivity contribution in [3.05, 3.63) is 23.8 Å². The van der Waals surface area contributed by atoms with Gasteiger partial charge in [-0.2, -0.15) is 0 Å². The number of fused-ring (bicyclic) bond motifs is 1. The van der Waals surface area contributed by atoms with Gasteiger partial charge in [0.25, 0.3) is 0 Å². The van der Waals surface area contributed by atoms with Crippen molar-refractivity contribution in [1.82, 2.24) is 10.2 Å². The fourth-order valence-corrected chi connectivity index (χ4v) is 4.10. The maximum atomic E-state index is 12.2. The minimum Gasteiger partial charge on any atom is -0.454 e. The average Bonchev–Trinajstić information content (AvgIpc) is 3.27. The van der Waals surface area contributed by atoms with Crippen molar-refractivity contribution < 1.29 is 19.4 Å². The van der Waals surface area contributed by atoms with Crippen molar-refractivity contribution in [3.63, 3.8) is 0 Å². The van der Waals surface area contributed by atoms with Crippen molar-refractivity contribution >= 4 is 5.91 Å². The second-order valence-electron chi connectivity index (χ2n) is 7.42. The van der Waals surface area contributed by atoms with E-state index in [0.717, 1.165) is 24.2 Å². The molecule has 1 aromatic carbocycles. The van der Waals surface area contributed by atoms with Gasteiger partial charge in [0.2, 0.25) is 12.7 Å². The molecule has 1 aromatic rings. The topological polar surface area (TPSA) is 71.0 Å². The first kappa shape index (κ1) is 16.7. The van der Waals surface area contributed by atoms with Gasteiger partial charge in [0.05, 0.1) is 12.1 Å². The van der Waals surface area contributed by atoms with Crippen molar-refractivity contribution in [2.45, 2.75) is 50.2 Å². The molecule has 2 aliphatic heterocycles. The number of rotatable bonds is 4. The molecule has 4 rings (SSSR count). The number of likely N-dealkylation sites (tertiary alicyclic amines) is 1. The lowest BCUT2D eigenvalue weighted by Crippen LogP contribution is -2.47. The van der Waals surface area contributed by atoms with Crippen molar-refractivity contribution in [2.75, 3.05) is 26.4 Å². The smallest absolute Gasteiger partial charge is 0.234 e. The number of hydrogen-bond donors (Lipinski definition) is 2. The molecule has 0 atom stereocenters. The van der Waals surface area contributed by atoms with E-state index in [1.54, 1.807) is 0 Å². The highest BCUT2D eigenvalue weighted by molar-refractivity contribution is 5.78. The van der Waals surface area contributed by atoms with E-state index in [1.807, 2.05) is 18.2 Å². The highest BCUT2D eigenvalue weighted by Crippen LogP contribution is 2.39. The van der Waals surface area contributed by atoms with Crippen LogP contribution in [0.25, 0.3) is 0 Å². The summed E-state index contributed by atoms with van der Waals surface area (Å²) in [4.78, 5) is 14.3. The van der Waals surface area contributed by atoms with E-state index in [1.165, 1.54) is 12.8 Å². The van der Waals surface area contributed by atoms with Gasteiger partial charge in [0.15, 0.2) is 11.5 Å². The first-order valence-electron chi connectivity index (χ1n) is 9.27. The van der Waals surface area contributed by atoms with Crippen LogP contribution in [-0.2, 0) is 10.4 Å². The fourth-order valence-electron chi connectivity index (χ4n) is 4.10. The number of nitrogens with one attached hydrogen (secondary N) is 1. The Kier molecular flexibility index (Phi) is 4.56. The molecule has 25 heavy (non-hydrogen) atoms. The molecule has 0 unspecified atom stereocenters. The van der Waals surface area contributed by atoms with Gasteiger partial charge < -0.3 is 19.9 Å². The molecular weight excluding hydrogens is 320 g/mol. The van der Waals surface area contributed by atoms with E-state index >= 15 is 0 Å². The van der Waals surface area contributed by atoms with E-state index < -0.39 is 5.60 Å². The van der Waals surface area contributed by atoms with E-state index in [0.29, 0.717) is 44.3 Å². The number of amides is 1. The Morgan fingerprint density at radius 1 is 1.20 bits per heavy atom. The van der Waals surface area contributed by atoms with Crippen LogP contribution in [0.3, 0.4) is 0 Å². The normalized spacial score (nSPS) is 22.9. The highest BCUT2D eigenvalue weighted by Gasteiger charge is 2.35. The van der Waals surface area contributed by atoms with Gasteiger partial charge in [0, 0.05) is 19.1 Å². The number of piperidine rings is 1. The third-order valence-corrected chi connectivity index (χ3v) is 5.68. The van der Waals surface area contributed by atoms with E-state index in [2.05, 4.69) is 10.2 Å². The Balaban J connectivity index is 1.32. The average molecular weight is 346 g/mol. The summed E-state index contributed by atoms with van der Waals surface area (Å²) in [5, 5.41) is 14.2. The van der Waals surface area contributed by atoms with E-state index in [-0.39, 0.29) is 12.7 Å². The van der Waals surface area contributed by atoms with Gasteiger partial charge in [-0.25, -0.2) is 0 Å². The van der Waals surface area contributed by atoms with Gasteiger partial charge in [-0.05, 0) is 43.4 Å². The van der Waals surface area contributed by atoms with Gasteiger partial charge in [-0.3, -0.25) is 9.69 Å². The summed E-state index contributed by atoms with van der Waals surface area (Å²) in [6, 6.07) is 6.01. The maximum absolute atomic E-state index is 12.2. The van der Waals surface area contributed by atoms with Crippen LogP contribution in [0.15, 0.2) is 18.2 Å². The van der Waals surface area contributed by atoms with Crippen molar-refractivity contribution in [3.8, 4) is 11.5 Å². The quantitative estimate of drug-likeness (QED) is 0.869. The molecule has 0 spiro atoms. The molecule has 3 aliphatic rings. The van der Waals surface area contributed by atoms with Gasteiger partial charge in [-0.1, -0.05) is 18.9 Å². The van der Waals surface area contributed by atoms with Crippen molar-refractivity contribution in [2.24, 2.45) is 0 Å². The zero-order valence-electron chi connectivity index (χ0n) is 14.5. The van der Waals surface area contributed by atoms with Crippen LogP contribution in [0.5, 0.6) is 11.5 Å². The third kappa shape index (κ3) is 3.60. The molecule has 136 valence electrons. The number of benzene rings is 1. The minimum atomic E-state index is -0.862. The van der Waals surface area contributed by atoms with Crippen LogP contribution in [0.4, 0.5) is 0 Å². The second-order valence-corrected chi connectivity index (χ2v) is 7.42. The standard InChI is InChI=1S/C19H26N2O4/c22-18(20-15-3-1-2-4-15)12-21-9-7-19(23,8-10-21)14-5-6-16-17(11-14)25-13-24-16/h5-6,11,15,23H,1-4,7-10,12-13H2,(H,20,22). The summed E-state index contributed by atoms with van der Waals surface area (Å²) in [7, 11) is 0. The Morgan fingerprint density at radius 2 is 1.92 bits per heavy atom. The number of nitrogens with zero attached hydrogens (tertiary/aromatic N) is 1. The van der Waals surface area contributed by atoms with Gasteiger partial charge in [-0.15, -0.1) is 0 Å². The van der Waals surface area contributed by atoms with Crippen LogP contribution in [-0.4, -0.2) is 48.4 Å². The molecule has 0 bridgehead atoms. The van der Waals surface area contributed by atoms with E-state index in [9.17, 15) is 9.90 Å². The Morgan fingerprint density at radius 3 is 2.68 bits per heavy atom. The summed E-state index contributed by atoms with van der Waals surface area (Å²) in [6.07, 6.45) is 5.88. The number of hydrogen-bond acceptors (Lipinski definition) is 5. The summed E-state index contributed by atoms with van der Waals surface area (Å²) >= 11 is 0. The fraction of sp³-hybridized carbons (Fsp3) is 0.632. The number of carbonyl (C=O) groups excluding carboxylic acids is 1. The van der Waals surface area contributed by atoms with Crippen LogP contribution in [0, 0.1) is 0 Å². The lowest BCUT2D eigenvalue weighted by Gasteiger charge is -2.38. The molecule has 2 N–H and O–H groups in total. The molecule has 0 aromatic heterocycles. The molecule has 1 saturated heterocycles. The molecular formula is C19H26N2O4. The first-order valence-corrected chi connectivity index (χ1v) is 9.27. The summed E-state index contributed by atoms with van der Waals surface area (Å²) in [5.41, 5.74) is 0.00572. The zero-order valence-corrected chi connectivity index (χ0v) is 14.5. The summed E-state index contributed by atoms with van der Waals surface area (Å²) < 4.78 is 10.7. The van der Waals surface area contributed by atoms with Gasteiger partial charge in [0.1, 0.15) is 0 Å². The van der Waals surface area contributed by atoms with Crippen molar-refractivity contribution in [1.29, 1.82) is 0 Å². The molecule has 6 nitrogen and oxygen atoms in total. The molecule has 1 aliphatic carbocycles. The van der Waals surface area contributed by atoms with Crippen LogP contribution in [0.2, 0.25) is 0 Å². The lowest BCUT2D eigenvalue weighted by molar-refractivity contribution is -0.124. The zero-order chi connectivity index (χ0) is 17.3. The number of carbonyl (C=O) groups is 1. The summed E-state index contributed by atoms with van der Waals surface area (Å²) in [6.45, 7) is 2.08. The Bertz CT molecular complexity index is 634. The molecule has 6 heteroatoms. The largest absolute Gasteiger partial charge is 0.454 e. The third-order valence-electron chi connectivity index (χ3n) is 5.68. The second kappa shape index (κ2) is 6.84. The van der Waals surface area contributed by atoms with Crippen LogP contribution in [0.1, 0.15) is 44.1 Å². The molecule has 1 saturated carbocycles. The lowest BCUT2D eigenvalue weighted by atomic mass is 9.84. The monoisotopic (exact) mass is 346 g/mol. The Hall–Kier alpha value is -1.79. The number of ether oxygens (including phenoxy) is 2.